The van der Waals surface area contributed by atoms with Gasteiger partial charge in [0.2, 0.25) is 0 Å². The number of nitrogens with zero attached hydrogens (tertiary/aromatic N) is 2. The monoisotopic (exact) mass is 413 g/mol. The minimum atomic E-state index is -0.374. The van der Waals surface area contributed by atoms with Gasteiger partial charge in [0.25, 0.3) is 5.91 Å². The highest BCUT2D eigenvalue weighted by atomic mass is 35.5. The van der Waals surface area contributed by atoms with E-state index >= 15 is 0 Å². The maximum Gasteiger partial charge on any atom is 0.278 e. The number of nitrogens with one attached hydrogen (secondary N) is 1. The summed E-state index contributed by atoms with van der Waals surface area (Å²) in [6.07, 6.45) is 0. The molecule has 1 N–H and O–H groups in total. The third-order valence-corrected chi connectivity index (χ3v) is 5.64. The molecule has 2 heterocycles. The number of benzene rings is 2. The molecule has 4 rings (SSSR count). The summed E-state index contributed by atoms with van der Waals surface area (Å²) in [5.41, 5.74) is 3.09. The molecule has 2 aromatic heterocycles. The lowest BCUT2D eigenvalue weighted by Gasteiger charge is -2.07. The van der Waals surface area contributed by atoms with Crippen molar-refractivity contribution in [3.05, 3.63) is 64.5 Å². The van der Waals surface area contributed by atoms with Crippen molar-refractivity contribution in [3.8, 4) is 10.6 Å². The average Bonchev–Trinajstić information content (AvgIpc) is 3.27. The summed E-state index contributed by atoms with van der Waals surface area (Å²) in [5, 5.41) is 8.05. The summed E-state index contributed by atoms with van der Waals surface area (Å²) in [5.74, 6) is 0.180. The number of ether oxygens (including phenoxy) is 1. The van der Waals surface area contributed by atoms with E-state index in [1.807, 2.05) is 24.3 Å². The third kappa shape index (κ3) is 3.52. The topological polar surface area (TPSA) is 77.2 Å². The Hall–Kier alpha value is -2.74. The summed E-state index contributed by atoms with van der Waals surface area (Å²) < 4.78 is 11.3. The lowest BCUT2D eigenvalue weighted by Crippen LogP contribution is -2.14. The van der Waals surface area contributed by atoms with Crippen molar-refractivity contribution in [2.45, 2.75) is 13.5 Å². The number of anilines is 1. The van der Waals surface area contributed by atoms with Crippen LogP contribution in [-0.2, 0) is 11.3 Å². The van der Waals surface area contributed by atoms with Crippen LogP contribution in [0.1, 0.15) is 21.8 Å². The number of methoxy groups -OCH3 is 1. The molecule has 0 radical (unpaired) electrons. The first-order valence-corrected chi connectivity index (χ1v) is 9.67. The van der Waals surface area contributed by atoms with Crippen molar-refractivity contribution in [2.75, 3.05) is 12.4 Å². The molecule has 0 unspecified atom stereocenters. The van der Waals surface area contributed by atoms with E-state index in [2.05, 4.69) is 15.5 Å². The van der Waals surface area contributed by atoms with Crippen molar-refractivity contribution in [1.82, 2.24) is 10.1 Å². The molecule has 142 valence electrons. The number of aromatic nitrogens is 2. The quantitative estimate of drug-likeness (QED) is 0.479. The van der Waals surface area contributed by atoms with Crippen LogP contribution in [0.3, 0.4) is 0 Å². The van der Waals surface area contributed by atoms with Crippen molar-refractivity contribution < 1.29 is 14.1 Å². The Bertz CT molecular complexity index is 1140. The van der Waals surface area contributed by atoms with E-state index in [9.17, 15) is 4.79 Å². The normalized spacial score (nSPS) is 11.1. The molecule has 0 aliphatic rings. The fourth-order valence-corrected chi connectivity index (χ4v) is 4.09. The Kier molecular flexibility index (Phi) is 5.13. The second-order valence-corrected chi connectivity index (χ2v) is 7.57. The molecule has 0 fully saturated rings. The summed E-state index contributed by atoms with van der Waals surface area (Å²) in [6, 6.07) is 13.2. The molecule has 0 atom stereocenters. The van der Waals surface area contributed by atoms with Crippen molar-refractivity contribution in [1.29, 1.82) is 0 Å². The number of hydrogen-bond acceptors (Lipinski definition) is 6. The van der Waals surface area contributed by atoms with Crippen LogP contribution in [0, 0.1) is 6.92 Å². The van der Waals surface area contributed by atoms with Gasteiger partial charge in [0, 0.05) is 18.4 Å². The fourth-order valence-electron chi connectivity index (χ4n) is 2.83. The van der Waals surface area contributed by atoms with E-state index in [0.717, 1.165) is 20.8 Å². The highest BCUT2D eigenvalue weighted by molar-refractivity contribution is 7.21. The Morgan fingerprint density at radius 2 is 2.11 bits per heavy atom. The van der Waals surface area contributed by atoms with Crippen LogP contribution in [0.4, 0.5) is 5.69 Å². The van der Waals surface area contributed by atoms with Crippen LogP contribution in [-0.4, -0.2) is 23.2 Å². The number of rotatable bonds is 5. The molecule has 0 saturated carbocycles. The number of halogens is 1. The molecular formula is C20H16ClN3O3S. The van der Waals surface area contributed by atoms with E-state index < -0.39 is 0 Å². The Labute approximate surface area is 170 Å². The smallest absolute Gasteiger partial charge is 0.278 e. The number of hydrogen-bond donors (Lipinski definition) is 1. The van der Waals surface area contributed by atoms with Gasteiger partial charge in [-0.05, 0) is 37.3 Å². The highest BCUT2D eigenvalue weighted by Gasteiger charge is 2.20. The van der Waals surface area contributed by atoms with E-state index in [0.29, 0.717) is 22.0 Å². The number of fused-ring (bicyclic) bond motifs is 1. The lowest BCUT2D eigenvalue weighted by molar-refractivity contribution is 0.101. The molecule has 4 aromatic rings. The molecule has 0 bridgehead atoms. The predicted molar refractivity (Wildman–Crippen MR) is 110 cm³/mol. The molecular weight excluding hydrogens is 398 g/mol. The zero-order valence-corrected chi connectivity index (χ0v) is 16.7. The molecule has 0 aliphatic heterocycles. The molecule has 8 heteroatoms. The molecule has 6 nitrogen and oxygen atoms in total. The fraction of sp³-hybridized carbons (Fsp3) is 0.150. The Morgan fingerprint density at radius 1 is 1.29 bits per heavy atom. The van der Waals surface area contributed by atoms with Crippen LogP contribution >= 0.6 is 22.9 Å². The van der Waals surface area contributed by atoms with Gasteiger partial charge in [-0.1, -0.05) is 28.9 Å². The summed E-state index contributed by atoms with van der Waals surface area (Å²) >= 11 is 7.94. The first-order valence-electron chi connectivity index (χ1n) is 8.47. The summed E-state index contributed by atoms with van der Waals surface area (Å²) in [4.78, 5) is 17.3. The lowest BCUT2D eigenvalue weighted by atomic mass is 10.1. The number of aryl methyl sites for hydroxylation is 1. The van der Waals surface area contributed by atoms with Gasteiger partial charge in [-0.2, -0.15) is 0 Å². The Balaban J connectivity index is 1.65. The predicted octanol–water partition coefficient (Wildman–Crippen LogP) is 5.31. The molecule has 0 saturated heterocycles. The SMILES string of the molecule is COCc1c(C(=O)Nc2ccc(Cl)c(-c3nc4ccccc4s3)c2)noc1C. The van der Waals surface area contributed by atoms with E-state index in [-0.39, 0.29) is 18.2 Å². The first kappa shape index (κ1) is 18.6. The number of carbonyl (C=O) groups is 1. The zero-order chi connectivity index (χ0) is 19.7. The second kappa shape index (κ2) is 7.71. The van der Waals surface area contributed by atoms with Crippen LogP contribution in [0.15, 0.2) is 47.0 Å². The van der Waals surface area contributed by atoms with Crippen molar-refractivity contribution in [3.63, 3.8) is 0 Å². The largest absolute Gasteiger partial charge is 0.380 e. The van der Waals surface area contributed by atoms with Gasteiger partial charge in [0.15, 0.2) is 5.69 Å². The number of thiazole rings is 1. The van der Waals surface area contributed by atoms with Crippen LogP contribution in [0.2, 0.25) is 5.02 Å². The minimum Gasteiger partial charge on any atom is -0.380 e. The van der Waals surface area contributed by atoms with Gasteiger partial charge in [0.05, 0.1) is 27.4 Å². The first-order chi connectivity index (χ1) is 13.6. The van der Waals surface area contributed by atoms with Crippen LogP contribution in [0.5, 0.6) is 0 Å². The minimum absolute atomic E-state index is 0.204. The molecule has 2 aromatic carbocycles. The molecule has 1 amide bonds. The standard InChI is InChI=1S/C20H16ClN3O3S/c1-11-14(10-26-2)18(24-27-11)19(25)22-12-7-8-15(21)13(9-12)20-23-16-5-3-4-6-17(16)28-20/h3-9H,10H2,1-2H3,(H,22,25). The van der Waals surface area contributed by atoms with E-state index in [4.69, 9.17) is 20.9 Å². The maximum absolute atomic E-state index is 12.7. The number of carbonyl (C=O) groups excluding carboxylic acids is 1. The van der Waals surface area contributed by atoms with E-state index in [1.165, 1.54) is 0 Å². The molecule has 28 heavy (non-hydrogen) atoms. The van der Waals surface area contributed by atoms with Crippen molar-refractivity contribution >= 4 is 44.7 Å². The van der Waals surface area contributed by atoms with E-state index in [1.54, 1.807) is 43.6 Å². The Morgan fingerprint density at radius 3 is 2.89 bits per heavy atom. The van der Waals surface area contributed by atoms with Gasteiger partial charge in [-0.15, -0.1) is 11.3 Å². The van der Waals surface area contributed by atoms with Gasteiger partial charge in [-0.3, -0.25) is 4.79 Å². The highest BCUT2D eigenvalue weighted by Crippen LogP contribution is 2.36. The molecule has 0 spiro atoms. The van der Waals surface area contributed by atoms with Gasteiger partial charge < -0.3 is 14.6 Å². The average molecular weight is 414 g/mol. The molecule has 0 aliphatic carbocycles. The van der Waals surface area contributed by atoms with Gasteiger partial charge in [0.1, 0.15) is 10.8 Å². The summed E-state index contributed by atoms with van der Waals surface area (Å²) in [6.45, 7) is 1.99. The van der Waals surface area contributed by atoms with Crippen molar-refractivity contribution in [2.24, 2.45) is 0 Å². The zero-order valence-electron chi connectivity index (χ0n) is 15.2. The second-order valence-electron chi connectivity index (χ2n) is 6.13. The maximum atomic E-state index is 12.7. The van der Waals surface area contributed by atoms with Crippen LogP contribution < -0.4 is 5.32 Å². The number of para-hydroxylation sites is 1. The van der Waals surface area contributed by atoms with Gasteiger partial charge >= 0.3 is 0 Å². The summed E-state index contributed by atoms with van der Waals surface area (Å²) in [7, 11) is 1.55. The third-order valence-electron chi connectivity index (χ3n) is 4.24. The van der Waals surface area contributed by atoms with Gasteiger partial charge in [-0.25, -0.2) is 4.98 Å². The number of amides is 1. The van der Waals surface area contributed by atoms with Crippen LogP contribution in [0.25, 0.3) is 20.8 Å².